The predicted octanol–water partition coefficient (Wildman–Crippen LogP) is 20.4. The van der Waals surface area contributed by atoms with Gasteiger partial charge in [0.1, 0.15) is 0 Å². The van der Waals surface area contributed by atoms with E-state index in [-0.39, 0.29) is 11.0 Å². The number of nitrogens with zero attached hydrogens (tertiary/aromatic N) is 2. The van der Waals surface area contributed by atoms with Crippen LogP contribution < -0.4 is 9.80 Å². The minimum absolute atomic E-state index is 0.158. The molecule has 1 aliphatic carbocycles. The number of rotatable bonds is 14. The monoisotopic (exact) mass is 973 g/mol. The van der Waals surface area contributed by atoms with Gasteiger partial charge >= 0.3 is 0 Å². The highest BCUT2D eigenvalue weighted by Crippen LogP contribution is 2.57. The van der Waals surface area contributed by atoms with Crippen LogP contribution in [0.1, 0.15) is 113 Å². The van der Waals surface area contributed by atoms with Gasteiger partial charge in [0, 0.05) is 39.8 Å². The Morgan fingerprint density at radius 1 is 0.413 bits per heavy atom. The molecule has 0 aromatic heterocycles. The van der Waals surface area contributed by atoms with Gasteiger partial charge in [-0.05, 0) is 170 Å². The lowest BCUT2D eigenvalue weighted by atomic mass is 9.71. The van der Waals surface area contributed by atoms with Crippen molar-refractivity contribution >= 4 is 81.7 Å². The van der Waals surface area contributed by atoms with Gasteiger partial charge in [-0.25, -0.2) is 0 Å². The first kappa shape index (κ1) is 47.1. The van der Waals surface area contributed by atoms with E-state index in [4.69, 9.17) is 0 Å². The Hall–Kier alpha value is -7.68. The van der Waals surface area contributed by atoms with E-state index in [1.807, 2.05) is 0 Å². The van der Waals surface area contributed by atoms with Crippen LogP contribution in [-0.2, 0) is 23.0 Å². The lowest BCUT2D eigenvalue weighted by Crippen LogP contribution is -2.45. The Morgan fingerprint density at radius 3 is 1.36 bits per heavy atom. The van der Waals surface area contributed by atoms with E-state index in [2.05, 4.69) is 259 Å². The molecule has 13 rings (SSSR count). The van der Waals surface area contributed by atoms with Crippen LogP contribution in [0.5, 0.6) is 0 Å². The van der Waals surface area contributed by atoms with Gasteiger partial charge in [-0.15, -0.1) is 0 Å². The summed E-state index contributed by atoms with van der Waals surface area (Å²) < 4.78 is 0. The van der Waals surface area contributed by atoms with E-state index in [1.165, 1.54) is 132 Å². The van der Waals surface area contributed by atoms with Crippen molar-refractivity contribution in [1.29, 1.82) is 0 Å². The fourth-order valence-electron chi connectivity index (χ4n) is 14.4. The van der Waals surface area contributed by atoms with Crippen LogP contribution in [0.2, 0.25) is 0 Å². The van der Waals surface area contributed by atoms with Crippen LogP contribution in [0, 0.1) is 13.8 Å². The van der Waals surface area contributed by atoms with Gasteiger partial charge in [0.15, 0.2) is 0 Å². The molecule has 12 aromatic carbocycles. The van der Waals surface area contributed by atoms with Crippen LogP contribution in [-0.4, -0.2) is 0 Å². The van der Waals surface area contributed by atoms with Crippen molar-refractivity contribution in [3.05, 3.63) is 233 Å². The van der Waals surface area contributed by atoms with E-state index in [0.717, 1.165) is 38.6 Å². The van der Waals surface area contributed by atoms with Crippen molar-refractivity contribution in [3.8, 4) is 11.1 Å². The van der Waals surface area contributed by atoms with Gasteiger partial charge < -0.3 is 9.80 Å². The SMILES string of the molecule is CCC1(CC)c2cc(C(C)(CC)N(c3ccc(C)cc3)c3ccc4ccc5cccc6ccc3c4c56)ccc2-c2ccc(C(CC)(CC)N(Cc3ccc(C)cc3)c3ccc4ccc5cccc6ccc3c4c56)cc21. The molecule has 0 radical (unpaired) electrons. The summed E-state index contributed by atoms with van der Waals surface area (Å²) in [5.41, 5.74) is 15.3. The minimum Gasteiger partial charge on any atom is -0.357 e. The maximum Gasteiger partial charge on any atom is 0.0672 e. The van der Waals surface area contributed by atoms with Crippen molar-refractivity contribution in [2.24, 2.45) is 0 Å². The molecule has 0 amide bonds. The van der Waals surface area contributed by atoms with Crippen LogP contribution in [0.4, 0.5) is 17.1 Å². The molecule has 0 spiro atoms. The smallest absolute Gasteiger partial charge is 0.0672 e. The Bertz CT molecular complexity index is 4080. The van der Waals surface area contributed by atoms with E-state index in [1.54, 1.807) is 0 Å². The standard InChI is InChI=1S/C73H68N2/c1-9-71(8,75(58-36-22-48(7)23-37-58)66-43-33-55-29-27-51-17-15-19-53-31-39-62(66)70(55)68(51)53)56-34-40-59-60-41-35-57(45-64(60)72(10-2,11-3)63(59)44-56)73(12-4,13-5)74(46-49-24-20-47(6)21-25-49)65-42-32-54-28-26-50-16-14-18-52-30-38-61(65)69(54)67(50)52/h14-45H,9-13,46H2,1-8H3. The summed E-state index contributed by atoms with van der Waals surface area (Å²) >= 11 is 0. The lowest BCUT2D eigenvalue weighted by Gasteiger charge is -2.46. The predicted molar refractivity (Wildman–Crippen MR) is 324 cm³/mol. The first-order valence-corrected chi connectivity index (χ1v) is 27.9. The number of hydrogen-bond donors (Lipinski definition) is 0. The van der Waals surface area contributed by atoms with Gasteiger partial charge in [0.05, 0.1) is 11.1 Å². The largest absolute Gasteiger partial charge is 0.357 e. The second kappa shape index (κ2) is 17.7. The van der Waals surface area contributed by atoms with Gasteiger partial charge in [-0.3, -0.25) is 0 Å². The third kappa shape index (κ3) is 6.91. The van der Waals surface area contributed by atoms with E-state index in [0.29, 0.717) is 0 Å². The van der Waals surface area contributed by atoms with Crippen molar-refractivity contribution < 1.29 is 0 Å². The van der Waals surface area contributed by atoms with E-state index in [9.17, 15) is 0 Å². The molecule has 0 heterocycles. The quantitative estimate of drug-likeness (QED) is 0.100. The second-order valence-electron chi connectivity index (χ2n) is 22.3. The summed E-state index contributed by atoms with van der Waals surface area (Å²) in [4.78, 5) is 5.48. The highest BCUT2D eigenvalue weighted by Gasteiger charge is 2.45. The fraction of sp³-hybridized carbons (Fsp3) is 0.233. The molecule has 2 nitrogen and oxygen atoms in total. The van der Waals surface area contributed by atoms with Crippen LogP contribution in [0.25, 0.3) is 75.8 Å². The highest BCUT2D eigenvalue weighted by molar-refractivity contribution is 6.26. The Labute approximate surface area is 443 Å². The third-order valence-corrected chi connectivity index (χ3v) is 18.9. The average Bonchev–Trinajstić information content (AvgIpc) is 3.76. The number of hydrogen-bond acceptors (Lipinski definition) is 2. The normalized spacial score (nSPS) is 14.1. The van der Waals surface area contributed by atoms with Crippen LogP contribution >= 0.6 is 0 Å². The molecule has 75 heavy (non-hydrogen) atoms. The summed E-state index contributed by atoms with van der Waals surface area (Å²) in [6.45, 7) is 19.8. The summed E-state index contributed by atoms with van der Waals surface area (Å²) in [7, 11) is 0. The molecule has 1 atom stereocenters. The second-order valence-corrected chi connectivity index (χ2v) is 22.3. The number of aryl methyl sites for hydroxylation is 2. The zero-order chi connectivity index (χ0) is 51.4. The van der Waals surface area contributed by atoms with Crippen LogP contribution in [0.15, 0.2) is 194 Å². The zero-order valence-electron chi connectivity index (χ0n) is 45.1. The molecule has 0 saturated carbocycles. The zero-order valence-corrected chi connectivity index (χ0v) is 45.1. The summed E-state index contributed by atoms with van der Waals surface area (Å²) in [6.07, 6.45) is 4.88. The highest BCUT2D eigenvalue weighted by atomic mass is 15.2. The summed E-state index contributed by atoms with van der Waals surface area (Å²) in [5, 5.41) is 15.8. The van der Waals surface area contributed by atoms with Crippen molar-refractivity contribution in [2.75, 3.05) is 9.80 Å². The van der Waals surface area contributed by atoms with Crippen molar-refractivity contribution in [3.63, 3.8) is 0 Å². The first-order chi connectivity index (χ1) is 36.6. The molecule has 0 N–H and O–H groups in total. The third-order valence-electron chi connectivity index (χ3n) is 18.9. The Kier molecular flexibility index (Phi) is 11.1. The summed E-state index contributed by atoms with van der Waals surface area (Å²) in [5.74, 6) is 0. The van der Waals surface area contributed by atoms with Gasteiger partial charge in [-0.2, -0.15) is 0 Å². The molecule has 0 saturated heterocycles. The average molecular weight is 973 g/mol. The Morgan fingerprint density at radius 2 is 0.853 bits per heavy atom. The fourth-order valence-corrected chi connectivity index (χ4v) is 14.4. The molecule has 0 fully saturated rings. The van der Waals surface area contributed by atoms with Gasteiger partial charge in [0.25, 0.3) is 0 Å². The molecule has 1 unspecified atom stereocenters. The van der Waals surface area contributed by atoms with Gasteiger partial charge in [0.2, 0.25) is 0 Å². The van der Waals surface area contributed by atoms with Gasteiger partial charge in [-0.1, -0.05) is 216 Å². The molecular weight excluding hydrogens is 905 g/mol. The maximum atomic E-state index is 2.80. The maximum absolute atomic E-state index is 2.80. The molecular formula is C73H68N2. The molecule has 1 aliphatic rings. The molecule has 0 aliphatic heterocycles. The van der Waals surface area contributed by atoms with Crippen LogP contribution in [0.3, 0.4) is 0 Å². The lowest BCUT2D eigenvalue weighted by molar-refractivity contribution is 0.366. The summed E-state index contributed by atoms with van der Waals surface area (Å²) in [6, 6.07) is 75.5. The molecule has 2 heteroatoms. The van der Waals surface area contributed by atoms with Crippen molar-refractivity contribution in [2.45, 2.75) is 111 Å². The number of anilines is 3. The minimum atomic E-state index is -0.392. The molecule has 12 aromatic rings. The first-order valence-electron chi connectivity index (χ1n) is 27.9. The molecule has 0 bridgehead atoms. The molecule has 370 valence electrons. The Balaban J connectivity index is 0.971. The van der Waals surface area contributed by atoms with E-state index >= 15 is 0 Å². The number of fused-ring (bicyclic) bond motifs is 3. The topological polar surface area (TPSA) is 6.48 Å². The van der Waals surface area contributed by atoms with Crippen molar-refractivity contribution in [1.82, 2.24) is 0 Å². The van der Waals surface area contributed by atoms with E-state index < -0.39 is 5.54 Å². The number of benzene rings is 12.